The predicted molar refractivity (Wildman–Crippen MR) is 64.9 cm³/mol. The zero-order valence-corrected chi connectivity index (χ0v) is 12.0. The average molecular weight is 373 g/mol. The van der Waals surface area contributed by atoms with Crippen LogP contribution in [0.15, 0.2) is 15.1 Å². The fraction of sp³-hybridized carbons (Fsp3) is 0.400. The number of hydrogen-bond acceptors (Lipinski definition) is 3. The first-order valence-corrected chi connectivity index (χ1v) is 6.32. The summed E-state index contributed by atoms with van der Waals surface area (Å²) < 4.78 is 31.1. The van der Waals surface area contributed by atoms with E-state index in [0.717, 1.165) is 0 Å². The van der Waals surface area contributed by atoms with Gasteiger partial charge in [-0.05, 0) is 38.8 Å². The lowest BCUT2D eigenvalue weighted by Crippen LogP contribution is -2.11. The van der Waals surface area contributed by atoms with Crippen molar-refractivity contribution in [1.29, 1.82) is 0 Å². The molecule has 0 aliphatic heterocycles. The molecular formula is C10H9Br2F2NO2. The summed E-state index contributed by atoms with van der Waals surface area (Å²) >= 11 is 6.13. The van der Waals surface area contributed by atoms with E-state index in [1.54, 1.807) is 6.92 Å². The molecule has 7 heteroatoms. The maximum absolute atomic E-state index is 12.9. The highest BCUT2D eigenvalue weighted by Gasteiger charge is 2.22. The zero-order valence-electron chi connectivity index (χ0n) is 8.84. The van der Waals surface area contributed by atoms with Crippen molar-refractivity contribution in [3.63, 3.8) is 0 Å². The van der Waals surface area contributed by atoms with Crippen LogP contribution in [0.1, 0.15) is 24.6 Å². The molecule has 17 heavy (non-hydrogen) atoms. The van der Waals surface area contributed by atoms with Gasteiger partial charge in [0.2, 0.25) is 0 Å². The molecule has 0 spiro atoms. The zero-order chi connectivity index (χ0) is 13.0. The fourth-order valence-corrected chi connectivity index (χ4v) is 2.05. The molecule has 0 saturated carbocycles. The van der Waals surface area contributed by atoms with Crippen LogP contribution in [0.3, 0.4) is 0 Å². The molecule has 0 bridgehead atoms. The molecule has 0 fully saturated rings. The number of pyridine rings is 1. The van der Waals surface area contributed by atoms with Crippen molar-refractivity contribution >= 4 is 37.8 Å². The van der Waals surface area contributed by atoms with Crippen molar-refractivity contribution in [1.82, 2.24) is 4.98 Å². The van der Waals surface area contributed by atoms with E-state index in [9.17, 15) is 13.6 Å². The fourth-order valence-electron chi connectivity index (χ4n) is 1.23. The van der Waals surface area contributed by atoms with Crippen molar-refractivity contribution in [2.24, 2.45) is 0 Å². The molecule has 1 rings (SSSR count). The monoisotopic (exact) mass is 371 g/mol. The number of alkyl halides is 2. The summed E-state index contributed by atoms with van der Waals surface area (Å²) in [6, 6.07) is 0. The number of rotatable bonds is 4. The molecule has 0 N–H and O–H groups in total. The molecule has 0 aromatic carbocycles. The van der Waals surface area contributed by atoms with Gasteiger partial charge in [-0.2, -0.15) is 0 Å². The Kier molecular flexibility index (Phi) is 5.45. The van der Waals surface area contributed by atoms with Crippen LogP contribution in [-0.2, 0) is 16.0 Å². The minimum Gasteiger partial charge on any atom is -0.466 e. The Morgan fingerprint density at radius 3 is 2.71 bits per heavy atom. The highest BCUT2D eigenvalue weighted by atomic mass is 79.9. The predicted octanol–water partition coefficient (Wildman–Crippen LogP) is 3.65. The van der Waals surface area contributed by atoms with E-state index in [4.69, 9.17) is 4.74 Å². The third-order valence-corrected chi connectivity index (χ3v) is 3.91. The molecule has 1 aromatic heterocycles. The van der Waals surface area contributed by atoms with Gasteiger partial charge >= 0.3 is 5.97 Å². The largest absolute Gasteiger partial charge is 0.466 e. The van der Waals surface area contributed by atoms with E-state index in [2.05, 4.69) is 36.8 Å². The van der Waals surface area contributed by atoms with Crippen molar-refractivity contribution in [2.45, 2.75) is 19.8 Å². The third-order valence-electron chi connectivity index (χ3n) is 1.93. The number of nitrogens with zero attached hydrogens (tertiary/aromatic N) is 1. The van der Waals surface area contributed by atoms with Gasteiger partial charge in [-0.25, -0.2) is 8.78 Å². The standard InChI is InChI=1S/C10H9Br2F2NO2/c1-2-17-7(16)3-6-8(10(13)14)9(12)5(11)4-15-6/h4,10H,2-3H2,1H3. The van der Waals surface area contributed by atoms with Crippen LogP contribution in [0.2, 0.25) is 0 Å². The van der Waals surface area contributed by atoms with Gasteiger partial charge in [-0.1, -0.05) is 0 Å². The van der Waals surface area contributed by atoms with Crippen molar-refractivity contribution in [3.05, 3.63) is 26.4 Å². The third kappa shape index (κ3) is 3.70. The molecule has 1 heterocycles. The van der Waals surface area contributed by atoms with E-state index in [1.165, 1.54) is 6.20 Å². The quantitative estimate of drug-likeness (QED) is 0.757. The molecule has 94 valence electrons. The van der Waals surface area contributed by atoms with Crippen LogP contribution in [-0.4, -0.2) is 17.6 Å². The van der Waals surface area contributed by atoms with Crippen LogP contribution in [0.25, 0.3) is 0 Å². The molecule has 0 atom stereocenters. The summed E-state index contributed by atoms with van der Waals surface area (Å²) in [6.07, 6.45) is -1.61. The number of ether oxygens (including phenoxy) is 1. The Bertz CT molecular complexity index is 427. The van der Waals surface area contributed by atoms with Crippen molar-refractivity contribution in [2.75, 3.05) is 6.61 Å². The van der Waals surface area contributed by atoms with E-state index in [-0.39, 0.29) is 28.8 Å². The smallest absolute Gasteiger partial charge is 0.311 e. The van der Waals surface area contributed by atoms with E-state index in [0.29, 0.717) is 4.47 Å². The minimum atomic E-state index is -2.71. The van der Waals surface area contributed by atoms with Gasteiger partial charge in [0, 0.05) is 10.7 Å². The van der Waals surface area contributed by atoms with Crippen molar-refractivity contribution in [3.8, 4) is 0 Å². The van der Waals surface area contributed by atoms with Gasteiger partial charge < -0.3 is 4.74 Å². The first-order valence-electron chi connectivity index (χ1n) is 4.73. The van der Waals surface area contributed by atoms with Gasteiger partial charge in [0.05, 0.1) is 28.8 Å². The first kappa shape index (κ1) is 14.5. The van der Waals surface area contributed by atoms with Crippen LogP contribution in [0.5, 0.6) is 0 Å². The number of esters is 1. The molecule has 0 unspecified atom stereocenters. The van der Waals surface area contributed by atoms with Crippen LogP contribution < -0.4 is 0 Å². The van der Waals surface area contributed by atoms with Gasteiger partial charge in [0.25, 0.3) is 6.43 Å². The number of aromatic nitrogens is 1. The first-order chi connectivity index (χ1) is 7.97. The lowest BCUT2D eigenvalue weighted by Gasteiger charge is -2.10. The lowest BCUT2D eigenvalue weighted by molar-refractivity contribution is -0.142. The summed E-state index contributed by atoms with van der Waals surface area (Å²) in [7, 11) is 0. The van der Waals surface area contributed by atoms with Gasteiger partial charge in [-0.3, -0.25) is 9.78 Å². The van der Waals surface area contributed by atoms with Crippen LogP contribution >= 0.6 is 31.9 Å². The Morgan fingerprint density at radius 1 is 1.53 bits per heavy atom. The molecule has 0 saturated heterocycles. The lowest BCUT2D eigenvalue weighted by atomic mass is 10.1. The number of carbonyl (C=O) groups is 1. The highest BCUT2D eigenvalue weighted by molar-refractivity contribution is 9.13. The molecule has 0 radical (unpaired) electrons. The van der Waals surface area contributed by atoms with E-state index >= 15 is 0 Å². The number of hydrogen-bond donors (Lipinski definition) is 0. The Labute approximate surface area is 114 Å². The second-order valence-electron chi connectivity index (χ2n) is 3.06. The van der Waals surface area contributed by atoms with Gasteiger partial charge in [0.1, 0.15) is 0 Å². The van der Waals surface area contributed by atoms with Crippen LogP contribution in [0.4, 0.5) is 8.78 Å². The molecule has 1 aromatic rings. The maximum Gasteiger partial charge on any atom is 0.311 e. The Balaban J connectivity index is 3.07. The van der Waals surface area contributed by atoms with Crippen LogP contribution in [0, 0.1) is 0 Å². The average Bonchev–Trinajstić information content (AvgIpc) is 2.23. The van der Waals surface area contributed by atoms with Gasteiger partial charge in [0.15, 0.2) is 0 Å². The van der Waals surface area contributed by atoms with E-state index in [1.807, 2.05) is 0 Å². The number of halogens is 4. The number of carbonyl (C=O) groups excluding carboxylic acids is 1. The summed E-state index contributed by atoms with van der Waals surface area (Å²) in [4.78, 5) is 15.1. The second kappa shape index (κ2) is 6.39. The maximum atomic E-state index is 12.9. The molecular weight excluding hydrogens is 364 g/mol. The van der Waals surface area contributed by atoms with E-state index < -0.39 is 12.4 Å². The molecule has 0 aliphatic rings. The summed E-state index contributed by atoms with van der Waals surface area (Å²) in [5.41, 5.74) is -0.263. The normalized spacial score (nSPS) is 10.7. The molecule has 0 amide bonds. The summed E-state index contributed by atoms with van der Waals surface area (Å²) in [6.45, 7) is 1.86. The summed E-state index contributed by atoms with van der Waals surface area (Å²) in [5, 5.41) is 0. The minimum absolute atomic E-state index is 0.0218. The van der Waals surface area contributed by atoms with Crippen molar-refractivity contribution < 1.29 is 18.3 Å². The van der Waals surface area contributed by atoms with Gasteiger partial charge in [-0.15, -0.1) is 0 Å². The molecule has 3 nitrogen and oxygen atoms in total. The Morgan fingerprint density at radius 2 is 2.18 bits per heavy atom. The highest BCUT2D eigenvalue weighted by Crippen LogP contribution is 2.34. The molecule has 0 aliphatic carbocycles. The summed E-state index contributed by atoms with van der Waals surface area (Å²) in [5.74, 6) is -0.573. The topological polar surface area (TPSA) is 39.2 Å². The Hall–Kier alpha value is -0.560. The SMILES string of the molecule is CCOC(=O)Cc1ncc(Br)c(Br)c1C(F)F. The second-order valence-corrected chi connectivity index (χ2v) is 4.71.